The van der Waals surface area contributed by atoms with E-state index in [-0.39, 0.29) is 29.9 Å². The molecule has 0 bridgehead atoms. The molecule has 4 rings (SSSR count). The summed E-state index contributed by atoms with van der Waals surface area (Å²) in [4.78, 5) is 15.0. The van der Waals surface area contributed by atoms with E-state index in [4.69, 9.17) is 13.9 Å². The summed E-state index contributed by atoms with van der Waals surface area (Å²) < 4.78 is 57.3. The molecule has 1 aliphatic carbocycles. The van der Waals surface area contributed by atoms with Crippen LogP contribution in [0.4, 0.5) is 4.39 Å². The Labute approximate surface area is 210 Å². The van der Waals surface area contributed by atoms with Gasteiger partial charge in [-0.25, -0.2) is 12.8 Å². The Morgan fingerprint density at radius 3 is 2.39 bits per heavy atom. The van der Waals surface area contributed by atoms with E-state index < -0.39 is 15.8 Å². The number of halogens is 1. The van der Waals surface area contributed by atoms with Crippen molar-refractivity contribution in [2.45, 2.75) is 36.7 Å². The monoisotopic (exact) mass is 516 g/mol. The van der Waals surface area contributed by atoms with Crippen molar-refractivity contribution in [1.29, 1.82) is 0 Å². The Morgan fingerprint density at radius 2 is 1.78 bits per heavy atom. The highest BCUT2D eigenvalue weighted by molar-refractivity contribution is 7.89. The van der Waals surface area contributed by atoms with Crippen LogP contribution < -0.4 is 9.47 Å². The largest absolute Gasteiger partial charge is 0.493 e. The predicted octanol–water partition coefficient (Wildman–Crippen LogP) is 3.86. The summed E-state index contributed by atoms with van der Waals surface area (Å²) in [6.07, 6.45) is 3.40. The van der Waals surface area contributed by atoms with Gasteiger partial charge in [-0.2, -0.15) is 4.31 Å². The van der Waals surface area contributed by atoms with Gasteiger partial charge in [-0.1, -0.05) is 6.07 Å². The van der Waals surface area contributed by atoms with E-state index in [1.54, 1.807) is 37.3 Å². The summed E-state index contributed by atoms with van der Waals surface area (Å²) in [6.45, 7) is 0.232. The standard InChI is InChI=1S/C26H29FN2O6S/c1-33-24-12-5-19(16-25(24)34-2)13-14-28(17-22-4-3-15-35-22)26(30)18-29(21-8-9-21)36(31,32)23-10-6-20(27)7-11-23/h3-7,10-12,15-16,21H,8-9,13-14,17-18H2,1-2H3. The molecule has 0 N–H and O–H groups in total. The van der Waals surface area contributed by atoms with Crippen molar-refractivity contribution in [3.05, 3.63) is 78.0 Å². The van der Waals surface area contributed by atoms with Gasteiger partial charge in [0.15, 0.2) is 11.5 Å². The third kappa shape index (κ3) is 6.06. The van der Waals surface area contributed by atoms with Crippen molar-refractivity contribution in [2.24, 2.45) is 0 Å². The molecule has 3 aromatic rings. The van der Waals surface area contributed by atoms with Gasteiger partial charge >= 0.3 is 0 Å². The molecule has 0 saturated heterocycles. The fourth-order valence-electron chi connectivity index (χ4n) is 3.93. The molecule has 10 heteroatoms. The molecular formula is C26H29FN2O6S. The molecule has 0 radical (unpaired) electrons. The van der Waals surface area contributed by atoms with E-state index in [2.05, 4.69) is 0 Å². The number of nitrogens with zero attached hydrogens (tertiary/aromatic N) is 2. The second-order valence-electron chi connectivity index (χ2n) is 8.57. The van der Waals surface area contributed by atoms with Crippen LogP contribution in [0.25, 0.3) is 0 Å². The number of benzene rings is 2. The summed E-state index contributed by atoms with van der Waals surface area (Å²) in [6, 6.07) is 13.5. The Morgan fingerprint density at radius 1 is 1.06 bits per heavy atom. The minimum absolute atomic E-state index is 0.0356. The summed E-state index contributed by atoms with van der Waals surface area (Å²) >= 11 is 0. The van der Waals surface area contributed by atoms with E-state index in [1.165, 1.54) is 22.7 Å². The van der Waals surface area contributed by atoms with Gasteiger partial charge in [-0.05, 0) is 73.4 Å². The van der Waals surface area contributed by atoms with Gasteiger partial charge in [-0.3, -0.25) is 4.79 Å². The number of methoxy groups -OCH3 is 2. The van der Waals surface area contributed by atoms with Crippen LogP contribution in [0.1, 0.15) is 24.2 Å². The minimum atomic E-state index is -3.96. The van der Waals surface area contributed by atoms with Crippen LogP contribution in [0.2, 0.25) is 0 Å². The first-order valence-electron chi connectivity index (χ1n) is 11.6. The quantitative estimate of drug-likeness (QED) is 0.363. The molecule has 2 aromatic carbocycles. The number of carbonyl (C=O) groups is 1. The average molecular weight is 517 g/mol. The first kappa shape index (κ1) is 25.7. The Bertz CT molecular complexity index is 1270. The highest BCUT2D eigenvalue weighted by atomic mass is 32.2. The smallest absolute Gasteiger partial charge is 0.243 e. The predicted molar refractivity (Wildman–Crippen MR) is 131 cm³/mol. The van der Waals surface area contributed by atoms with E-state index in [9.17, 15) is 17.6 Å². The molecule has 0 aliphatic heterocycles. The average Bonchev–Trinajstić information content (AvgIpc) is 3.59. The highest BCUT2D eigenvalue weighted by Crippen LogP contribution is 2.32. The molecule has 36 heavy (non-hydrogen) atoms. The number of ether oxygens (including phenoxy) is 2. The first-order chi connectivity index (χ1) is 17.3. The number of hydrogen-bond donors (Lipinski definition) is 0. The lowest BCUT2D eigenvalue weighted by Gasteiger charge is -2.27. The molecule has 1 saturated carbocycles. The zero-order valence-corrected chi connectivity index (χ0v) is 21.0. The maximum atomic E-state index is 13.5. The van der Waals surface area contributed by atoms with E-state index in [0.717, 1.165) is 17.7 Å². The van der Waals surface area contributed by atoms with Crippen LogP contribution >= 0.6 is 0 Å². The minimum Gasteiger partial charge on any atom is -0.493 e. The third-order valence-electron chi connectivity index (χ3n) is 6.06. The lowest BCUT2D eigenvalue weighted by atomic mass is 10.1. The van der Waals surface area contributed by atoms with Crippen LogP contribution in [0.5, 0.6) is 11.5 Å². The van der Waals surface area contributed by atoms with E-state index in [1.807, 2.05) is 12.1 Å². The molecular weight excluding hydrogens is 487 g/mol. The van der Waals surface area contributed by atoms with Crippen molar-refractivity contribution in [1.82, 2.24) is 9.21 Å². The highest BCUT2D eigenvalue weighted by Gasteiger charge is 2.40. The van der Waals surface area contributed by atoms with Gasteiger partial charge in [-0.15, -0.1) is 0 Å². The topological polar surface area (TPSA) is 89.3 Å². The van der Waals surface area contributed by atoms with Gasteiger partial charge in [0.05, 0.1) is 38.5 Å². The first-order valence-corrected chi connectivity index (χ1v) is 13.0. The summed E-state index contributed by atoms with van der Waals surface area (Å²) in [5, 5.41) is 0. The van der Waals surface area contributed by atoms with Gasteiger partial charge < -0.3 is 18.8 Å². The maximum Gasteiger partial charge on any atom is 0.243 e. The lowest BCUT2D eigenvalue weighted by Crippen LogP contribution is -2.44. The zero-order valence-electron chi connectivity index (χ0n) is 20.2. The Kier molecular flexibility index (Phi) is 7.95. The zero-order chi connectivity index (χ0) is 25.7. The maximum absolute atomic E-state index is 13.5. The number of sulfonamides is 1. The fraction of sp³-hybridized carbons (Fsp3) is 0.346. The number of rotatable bonds is 12. The molecule has 0 spiro atoms. The van der Waals surface area contributed by atoms with Gasteiger partial charge in [0, 0.05) is 12.6 Å². The summed E-state index contributed by atoms with van der Waals surface area (Å²) in [5.74, 6) is 0.919. The summed E-state index contributed by atoms with van der Waals surface area (Å²) in [5.41, 5.74) is 0.933. The number of amides is 1. The molecule has 1 heterocycles. The van der Waals surface area contributed by atoms with Crippen molar-refractivity contribution in [2.75, 3.05) is 27.3 Å². The van der Waals surface area contributed by atoms with Crippen molar-refractivity contribution >= 4 is 15.9 Å². The second kappa shape index (κ2) is 11.1. The second-order valence-corrected chi connectivity index (χ2v) is 10.5. The van der Waals surface area contributed by atoms with Crippen molar-refractivity contribution in [3.8, 4) is 11.5 Å². The molecule has 1 fully saturated rings. The molecule has 0 unspecified atom stereocenters. The van der Waals surface area contributed by atoms with Crippen molar-refractivity contribution < 1.29 is 31.5 Å². The lowest BCUT2D eigenvalue weighted by molar-refractivity contribution is -0.132. The molecule has 192 valence electrons. The van der Waals surface area contributed by atoms with Crippen LogP contribution in [-0.4, -0.2) is 56.9 Å². The summed E-state index contributed by atoms with van der Waals surface area (Å²) in [7, 11) is -0.843. The van der Waals surface area contributed by atoms with Crippen LogP contribution in [-0.2, 0) is 27.8 Å². The van der Waals surface area contributed by atoms with Gasteiger partial charge in [0.2, 0.25) is 15.9 Å². The van der Waals surface area contributed by atoms with Gasteiger partial charge in [0.1, 0.15) is 11.6 Å². The van der Waals surface area contributed by atoms with Crippen LogP contribution in [0.15, 0.2) is 70.2 Å². The van der Waals surface area contributed by atoms with Gasteiger partial charge in [0.25, 0.3) is 0 Å². The number of hydrogen-bond acceptors (Lipinski definition) is 6. The van der Waals surface area contributed by atoms with Crippen LogP contribution in [0, 0.1) is 5.82 Å². The van der Waals surface area contributed by atoms with Crippen LogP contribution in [0.3, 0.4) is 0 Å². The number of carbonyl (C=O) groups excluding carboxylic acids is 1. The van der Waals surface area contributed by atoms with Crippen molar-refractivity contribution in [3.63, 3.8) is 0 Å². The van der Waals surface area contributed by atoms with E-state index >= 15 is 0 Å². The number of furan rings is 1. The molecule has 1 aromatic heterocycles. The third-order valence-corrected chi connectivity index (χ3v) is 7.98. The Hall–Kier alpha value is -3.37. The van der Waals surface area contributed by atoms with E-state index in [0.29, 0.717) is 43.1 Å². The normalized spacial score (nSPS) is 13.6. The SMILES string of the molecule is COc1ccc(CCN(Cc2ccco2)C(=O)CN(C2CC2)S(=O)(=O)c2ccc(F)cc2)cc1OC. The molecule has 0 atom stereocenters. The Balaban J connectivity index is 1.53. The molecule has 1 aliphatic rings. The molecule has 1 amide bonds. The molecule has 8 nitrogen and oxygen atoms in total. The fourth-order valence-corrected chi connectivity index (χ4v) is 5.57.